The highest BCUT2D eigenvalue weighted by atomic mass is 32.2. The number of ether oxygens (including phenoxy) is 1. The number of benzene rings is 1. The van der Waals surface area contributed by atoms with Gasteiger partial charge in [0.05, 0.1) is 18.0 Å². The van der Waals surface area contributed by atoms with Crippen molar-refractivity contribution < 1.29 is 13.2 Å². The van der Waals surface area contributed by atoms with E-state index in [0.717, 1.165) is 5.56 Å². The van der Waals surface area contributed by atoms with Gasteiger partial charge in [-0.25, -0.2) is 8.42 Å². The average molecular weight is 311 g/mol. The molecule has 0 N–H and O–H groups in total. The van der Waals surface area contributed by atoms with Crippen LogP contribution in [0.25, 0.3) is 0 Å². The van der Waals surface area contributed by atoms with E-state index in [1.54, 1.807) is 4.31 Å². The van der Waals surface area contributed by atoms with Crippen LogP contribution in [0.3, 0.4) is 0 Å². The molecule has 1 fully saturated rings. The predicted octanol–water partition coefficient (Wildman–Crippen LogP) is 2.82. The predicted molar refractivity (Wildman–Crippen MR) is 84.5 cm³/mol. The zero-order chi connectivity index (χ0) is 15.5. The minimum atomic E-state index is -3.19. The fourth-order valence-electron chi connectivity index (χ4n) is 2.59. The Kier molecular flexibility index (Phi) is 5.41. The number of sulfonamides is 1. The second-order valence-corrected chi connectivity index (χ2v) is 8.04. The molecule has 118 valence electrons. The highest BCUT2D eigenvalue weighted by molar-refractivity contribution is 7.89. The van der Waals surface area contributed by atoms with Crippen molar-refractivity contribution in [3.8, 4) is 0 Å². The van der Waals surface area contributed by atoms with E-state index in [4.69, 9.17) is 4.74 Å². The van der Waals surface area contributed by atoms with Gasteiger partial charge in [0.15, 0.2) is 0 Å². The maximum Gasteiger partial charge on any atom is 0.214 e. The molecular weight excluding hydrogens is 286 g/mol. The first-order valence-corrected chi connectivity index (χ1v) is 9.23. The van der Waals surface area contributed by atoms with Crippen LogP contribution >= 0.6 is 0 Å². The van der Waals surface area contributed by atoms with Gasteiger partial charge in [-0.1, -0.05) is 51.1 Å². The molecule has 0 bridgehead atoms. The van der Waals surface area contributed by atoms with Gasteiger partial charge in [0.25, 0.3) is 0 Å². The van der Waals surface area contributed by atoms with Crippen molar-refractivity contribution in [2.45, 2.75) is 39.4 Å². The van der Waals surface area contributed by atoms with E-state index < -0.39 is 10.0 Å². The number of hydrogen-bond donors (Lipinski definition) is 0. The second-order valence-electron chi connectivity index (χ2n) is 5.95. The molecule has 0 aromatic heterocycles. The molecule has 2 rings (SSSR count). The van der Waals surface area contributed by atoms with Gasteiger partial charge in [0.1, 0.15) is 0 Å². The molecule has 1 aromatic carbocycles. The zero-order valence-electron chi connectivity index (χ0n) is 13.0. The average Bonchev–Trinajstić information content (AvgIpc) is 2.47. The largest absolute Gasteiger partial charge is 0.367 e. The molecule has 0 unspecified atom stereocenters. The van der Waals surface area contributed by atoms with Crippen molar-refractivity contribution in [2.24, 2.45) is 5.92 Å². The van der Waals surface area contributed by atoms with Crippen molar-refractivity contribution in [1.29, 1.82) is 0 Å². The summed E-state index contributed by atoms with van der Waals surface area (Å²) in [7, 11) is -3.19. The van der Waals surface area contributed by atoms with Crippen LogP contribution in [0.15, 0.2) is 30.3 Å². The van der Waals surface area contributed by atoms with Gasteiger partial charge in [0.2, 0.25) is 10.0 Å². The van der Waals surface area contributed by atoms with E-state index in [1.807, 2.05) is 37.3 Å². The van der Waals surface area contributed by atoms with Crippen molar-refractivity contribution in [1.82, 2.24) is 4.31 Å². The van der Waals surface area contributed by atoms with Crippen molar-refractivity contribution in [2.75, 3.05) is 18.8 Å². The lowest BCUT2D eigenvalue weighted by atomic mass is 10.0. The SMILES string of the molecule is CCCS(=O)(=O)N1C[C@@H](c2ccccc2)O[C@@H](C(C)C)C1. The minimum absolute atomic E-state index is 0.0596. The summed E-state index contributed by atoms with van der Waals surface area (Å²) in [5, 5.41) is 0. The number of nitrogens with zero attached hydrogens (tertiary/aromatic N) is 1. The maximum atomic E-state index is 12.4. The highest BCUT2D eigenvalue weighted by Gasteiger charge is 2.35. The molecule has 1 aromatic rings. The molecular formula is C16H25NO3S. The second kappa shape index (κ2) is 6.90. The van der Waals surface area contributed by atoms with Crippen LogP contribution in [0.1, 0.15) is 38.9 Å². The summed E-state index contributed by atoms with van der Waals surface area (Å²) in [5.41, 5.74) is 1.04. The van der Waals surface area contributed by atoms with Crippen LogP contribution in [-0.4, -0.2) is 37.7 Å². The van der Waals surface area contributed by atoms with Crippen LogP contribution in [0.5, 0.6) is 0 Å². The summed E-state index contributed by atoms with van der Waals surface area (Å²) in [6.07, 6.45) is 0.400. The third kappa shape index (κ3) is 4.05. The maximum absolute atomic E-state index is 12.4. The summed E-state index contributed by atoms with van der Waals surface area (Å²) in [6.45, 7) is 6.91. The first kappa shape index (κ1) is 16.5. The standard InChI is InChI=1S/C16H25NO3S/c1-4-10-21(18,19)17-11-15(13(2)3)20-16(12-17)14-8-6-5-7-9-14/h5-9,13,15-16H,4,10-12H2,1-3H3/t15-,16+/m1/s1. The van der Waals surface area contributed by atoms with E-state index in [9.17, 15) is 8.42 Å². The van der Waals surface area contributed by atoms with Crippen molar-refractivity contribution in [3.05, 3.63) is 35.9 Å². The topological polar surface area (TPSA) is 46.6 Å². The first-order chi connectivity index (χ1) is 9.94. The minimum Gasteiger partial charge on any atom is -0.367 e. The summed E-state index contributed by atoms with van der Waals surface area (Å²) in [6, 6.07) is 9.87. The molecule has 1 aliphatic heterocycles. The summed E-state index contributed by atoms with van der Waals surface area (Å²) >= 11 is 0. The van der Waals surface area contributed by atoms with Crippen molar-refractivity contribution >= 4 is 10.0 Å². The lowest BCUT2D eigenvalue weighted by Gasteiger charge is -2.39. The molecule has 0 radical (unpaired) electrons. The molecule has 0 aliphatic carbocycles. The third-order valence-electron chi connectivity index (χ3n) is 3.86. The molecule has 1 saturated heterocycles. The Morgan fingerprint density at radius 1 is 1.24 bits per heavy atom. The fraction of sp³-hybridized carbons (Fsp3) is 0.625. The smallest absolute Gasteiger partial charge is 0.214 e. The van der Waals surface area contributed by atoms with Crippen LogP contribution < -0.4 is 0 Å². The van der Waals surface area contributed by atoms with Gasteiger partial charge in [-0.2, -0.15) is 4.31 Å². The number of hydrogen-bond acceptors (Lipinski definition) is 3. The molecule has 1 aliphatic rings. The molecule has 1 heterocycles. The van der Waals surface area contributed by atoms with Crippen LogP contribution in [0, 0.1) is 5.92 Å². The third-order valence-corrected chi connectivity index (χ3v) is 5.87. The number of morpholine rings is 1. The van der Waals surface area contributed by atoms with Gasteiger partial charge >= 0.3 is 0 Å². The Labute approximate surface area is 128 Å². The van der Waals surface area contributed by atoms with E-state index in [-0.39, 0.29) is 23.9 Å². The van der Waals surface area contributed by atoms with Gasteiger partial charge < -0.3 is 4.74 Å². The van der Waals surface area contributed by atoms with Crippen molar-refractivity contribution in [3.63, 3.8) is 0 Å². The fourth-order valence-corrected chi connectivity index (χ4v) is 4.10. The molecule has 2 atom stereocenters. The molecule has 0 amide bonds. The Bertz CT molecular complexity index is 542. The summed E-state index contributed by atoms with van der Waals surface area (Å²) < 4.78 is 32.5. The summed E-state index contributed by atoms with van der Waals surface area (Å²) in [5.74, 6) is 0.495. The van der Waals surface area contributed by atoms with Crippen LogP contribution in [0.2, 0.25) is 0 Å². The molecule has 0 spiro atoms. The molecule has 0 saturated carbocycles. The Morgan fingerprint density at radius 3 is 2.48 bits per heavy atom. The Balaban J connectivity index is 2.24. The van der Waals surface area contributed by atoms with Gasteiger partial charge in [-0.15, -0.1) is 0 Å². The molecule has 21 heavy (non-hydrogen) atoms. The zero-order valence-corrected chi connectivity index (χ0v) is 13.8. The monoisotopic (exact) mass is 311 g/mol. The molecule has 4 nitrogen and oxygen atoms in total. The highest BCUT2D eigenvalue weighted by Crippen LogP contribution is 2.29. The van der Waals surface area contributed by atoms with Crippen LogP contribution in [0.4, 0.5) is 0 Å². The van der Waals surface area contributed by atoms with E-state index in [1.165, 1.54) is 0 Å². The Hall–Kier alpha value is -0.910. The number of rotatable bonds is 5. The first-order valence-electron chi connectivity index (χ1n) is 7.62. The van der Waals surface area contributed by atoms with Gasteiger partial charge in [-0.05, 0) is 17.9 Å². The lowest BCUT2D eigenvalue weighted by molar-refractivity contribution is -0.0846. The van der Waals surface area contributed by atoms with Crippen LogP contribution in [-0.2, 0) is 14.8 Å². The lowest BCUT2D eigenvalue weighted by Crippen LogP contribution is -2.49. The molecule has 5 heteroatoms. The van der Waals surface area contributed by atoms with E-state index in [2.05, 4.69) is 13.8 Å². The van der Waals surface area contributed by atoms with Gasteiger partial charge in [-0.3, -0.25) is 0 Å². The Morgan fingerprint density at radius 2 is 1.90 bits per heavy atom. The summed E-state index contributed by atoms with van der Waals surface area (Å²) in [4.78, 5) is 0. The quantitative estimate of drug-likeness (QED) is 0.840. The van der Waals surface area contributed by atoms with E-state index in [0.29, 0.717) is 19.5 Å². The normalized spacial score (nSPS) is 24.4. The van der Waals surface area contributed by atoms with E-state index >= 15 is 0 Å². The van der Waals surface area contributed by atoms with Gasteiger partial charge in [0, 0.05) is 13.1 Å².